The number of rotatable bonds is 22. The Morgan fingerprint density at radius 2 is 1.06 bits per heavy atom. The molecule has 0 saturated carbocycles. The molecule has 2 atom stereocenters. The van der Waals surface area contributed by atoms with Gasteiger partial charge < -0.3 is 9.53 Å². The first-order chi connectivity index (χ1) is 22.6. The average molecular weight is 656 g/mol. The highest BCUT2D eigenvalue weighted by molar-refractivity contribution is 6.74. The van der Waals surface area contributed by atoms with Crippen molar-refractivity contribution in [3.05, 3.63) is 120 Å². The average Bonchev–Trinajstić information content (AvgIpc) is 3.07. The molecule has 3 aromatic rings. The van der Waals surface area contributed by atoms with E-state index >= 15 is 0 Å². The second-order valence-electron chi connectivity index (χ2n) is 14.9. The van der Waals surface area contributed by atoms with Crippen molar-refractivity contribution in [3.63, 3.8) is 0 Å². The third kappa shape index (κ3) is 12.2. The van der Waals surface area contributed by atoms with E-state index in [1.165, 1.54) is 70.6 Å². The van der Waals surface area contributed by atoms with Gasteiger partial charge in [0.1, 0.15) is 0 Å². The van der Waals surface area contributed by atoms with Gasteiger partial charge in [0.2, 0.25) is 0 Å². The lowest BCUT2D eigenvalue weighted by atomic mass is 9.76. The predicted molar refractivity (Wildman–Crippen MR) is 206 cm³/mol. The standard InChI is InChI=1S/C43H65NO2Si/c1-7-8-9-10-11-12-13-14-15-16-17-18-28-35-41(45)40(36-46-47(5,6)42(2,3)4)44-43(37-29-22-19-23-30-37,38-31-24-20-25-32-38)39-33-26-21-27-34-39/h19-35,40-41,44-45H,7-18,36H2,1-6H3/b35-28+/t40-,41-/m0/s1. The van der Waals surface area contributed by atoms with E-state index in [-0.39, 0.29) is 11.1 Å². The maximum absolute atomic E-state index is 11.9. The maximum Gasteiger partial charge on any atom is 0.192 e. The Hall–Kier alpha value is -2.50. The van der Waals surface area contributed by atoms with Gasteiger partial charge in [0, 0.05) is 0 Å². The van der Waals surface area contributed by atoms with Crippen molar-refractivity contribution >= 4 is 8.32 Å². The van der Waals surface area contributed by atoms with Gasteiger partial charge in [-0.05, 0) is 47.7 Å². The minimum atomic E-state index is -2.07. The number of nitrogens with one attached hydrogen (secondary N) is 1. The lowest BCUT2D eigenvalue weighted by molar-refractivity contribution is 0.113. The molecule has 0 fully saturated rings. The molecule has 0 amide bonds. The summed E-state index contributed by atoms with van der Waals surface area (Å²) in [4.78, 5) is 0. The van der Waals surface area contributed by atoms with Gasteiger partial charge >= 0.3 is 0 Å². The molecule has 47 heavy (non-hydrogen) atoms. The molecular formula is C43H65NO2Si. The highest BCUT2D eigenvalue weighted by Gasteiger charge is 2.42. The SMILES string of the molecule is CCCCCCCCCCCCC/C=C/[C@H](O)[C@H](CO[Si](C)(C)C(C)(C)C)NC(c1ccccc1)(c1ccccc1)c1ccccc1. The summed E-state index contributed by atoms with van der Waals surface area (Å²) in [5, 5.41) is 16.0. The van der Waals surface area contributed by atoms with Crippen molar-refractivity contribution in [3.8, 4) is 0 Å². The van der Waals surface area contributed by atoms with Crippen LogP contribution in [0.4, 0.5) is 0 Å². The number of hydrogen-bond donors (Lipinski definition) is 2. The van der Waals surface area contributed by atoms with Crippen LogP contribution in [0.1, 0.15) is 121 Å². The van der Waals surface area contributed by atoms with Crippen LogP contribution in [0.5, 0.6) is 0 Å². The Morgan fingerprint density at radius 3 is 1.47 bits per heavy atom. The quantitative estimate of drug-likeness (QED) is 0.0490. The number of benzene rings is 3. The van der Waals surface area contributed by atoms with E-state index in [9.17, 15) is 5.11 Å². The molecule has 0 aromatic heterocycles. The number of unbranched alkanes of at least 4 members (excludes halogenated alkanes) is 11. The second kappa shape index (κ2) is 20.1. The Kier molecular flexibility index (Phi) is 16.7. The largest absolute Gasteiger partial charge is 0.415 e. The lowest BCUT2D eigenvalue weighted by Crippen LogP contribution is -2.56. The monoisotopic (exact) mass is 655 g/mol. The normalized spacial score (nSPS) is 14.0. The summed E-state index contributed by atoms with van der Waals surface area (Å²) < 4.78 is 6.83. The Balaban J connectivity index is 1.79. The fourth-order valence-corrected chi connectivity index (χ4v) is 7.16. The van der Waals surface area contributed by atoms with Crippen LogP contribution >= 0.6 is 0 Å². The van der Waals surface area contributed by atoms with Gasteiger partial charge in [-0.1, -0.05) is 195 Å². The van der Waals surface area contributed by atoms with Crippen molar-refractivity contribution in [1.82, 2.24) is 5.32 Å². The predicted octanol–water partition coefficient (Wildman–Crippen LogP) is 11.6. The van der Waals surface area contributed by atoms with Crippen molar-refractivity contribution in [2.75, 3.05) is 6.61 Å². The third-order valence-corrected chi connectivity index (χ3v) is 14.7. The van der Waals surface area contributed by atoms with E-state index in [0.29, 0.717) is 6.61 Å². The first-order valence-corrected chi connectivity index (χ1v) is 21.5. The topological polar surface area (TPSA) is 41.5 Å². The third-order valence-electron chi connectivity index (χ3n) is 10.2. The summed E-state index contributed by atoms with van der Waals surface area (Å²) in [7, 11) is -2.07. The van der Waals surface area contributed by atoms with Crippen molar-refractivity contribution < 1.29 is 9.53 Å². The van der Waals surface area contributed by atoms with E-state index in [2.05, 4.69) is 143 Å². The van der Waals surface area contributed by atoms with Crippen molar-refractivity contribution in [2.45, 2.75) is 141 Å². The molecule has 0 spiro atoms. The summed E-state index contributed by atoms with van der Waals surface area (Å²) in [5.41, 5.74) is 2.71. The zero-order valence-electron chi connectivity index (χ0n) is 30.5. The summed E-state index contributed by atoms with van der Waals surface area (Å²) in [6.45, 7) is 14.1. The molecule has 3 aromatic carbocycles. The van der Waals surface area contributed by atoms with Crippen LogP contribution in [0.25, 0.3) is 0 Å². The molecule has 0 bridgehead atoms. The summed E-state index contributed by atoms with van der Waals surface area (Å²) in [6, 6.07) is 31.6. The van der Waals surface area contributed by atoms with E-state index < -0.39 is 20.0 Å². The highest BCUT2D eigenvalue weighted by Crippen LogP contribution is 2.39. The zero-order valence-corrected chi connectivity index (χ0v) is 31.5. The molecule has 0 radical (unpaired) electrons. The molecule has 0 aliphatic rings. The first-order valence-electron chi connectivity index (χ1n) is 18.5. The van der Waals surface area contributed by atoms with Crippen LogP contribution in [-0.4, -0.2) is 32.2 Å². The second-order valence-corrected chi connectivity index (χ2v) is 19.7. The Morgan fingerprint density at radius 1 is 0.660 bits per heavy atom. The molecule has 0 unspecified atom stereocenters. The number of hydrogen-bond acceptors (Lipinski definition) is 3. The molecule has 258 valence electrons. The van der Waals surface area contributed by atoms with Crippen LogP contribution in [-0.2, 0) is 9.96 Å². The first kappa shape index (κ1) is 38.9. The molecule has 0 saturated heterocycles. The Labute approximate surface area is 289 Å². The van der Waals surface area contributed by atoms with E-state index in [1.807, 2.05) is 6.08 Å². The van der Waals surface area contributed by atoms with Gasteiger partial charge in [-0.2, -0.15) is 0 Å². The molecule has 2 N–H and O–H groups in total. The smallest absolute Gasteiger partial charge is 0.192 e. The summed E-state index contributed by atoms with van der Waals surface area (Å²) in [6.07, 6.45) is 19.2. The number of allylic oxidation sites excluding steroid dienone is 1. The van der Waals surface area contributed by atoms with E-state index in [4.69, 9.17) is 4.43 Å². The molecule has 4 heteroatoms. The maximum atomic E-state index is 11.9. The Bertz CT molecular complexity index is 1160. The van der Waals surface area contributed by atoms with Gasteiger partial charge in [0.15, 0.2) is 8.32 Å². The molecule has 3 rings (SSSR count). The molecule has 0 aliphatic carbocycles. The van der Waals surface area contributed by atoms with Crippen molar-refractivity contribution in [1.29, 1.82) is 0 Å². The fourth-order valence-electron chi connectivity index (χ4n) is 6.13. The number of aliphatic hydroxyl groups is 1. The van der Waals surface area contributed by atoms with Gasteiger partial charge in [-0.15, -0.1) is 0 Å². The number of aliphatic hydroxyl groups excluding tert-OH is 1. The van der Waals surface area contributed by atoms with Gasteiger partial charge in [0.05, 0.1) is 24.3 Å². The molecule has 0 aliphatic heterocycles. The summed E-state index contributed by atoms with van der Waals surface area (Å²) >= 11 is 0. The van der Waals surface area contributed by atoms with Gasteiger partial charge in [-0.3, -0.25) is 5.32 Å². The highest BCUT2D eigenvalue weighted by atomic mass is 28.4. The minimum Gasteiger partial charge on any atom is -0.415 e. The van der Waals surface area contributed by atoms with E-state index in [0.717, 1.165) is 23.1 Å². The van der Waals surface area contributed by atoms with Crippen LogP contribution in [0.15, 0.2) is 103 Å². The van der Waals surface area contributed by atoms with Crippen LogP contribution in [0, 0.1) is 0 Å². The fraction of sp³-hybridized carbons (Fsp3) is 0.535. The van der Waals surface area contributed by atoms with Crippen LogP contribution < -0.4 is 5.32 Å². The van der Waals surface area contributed by atoms with Gasteiger partial charge in [0.25, 0.3) is 0 Å². The molecular weight excluding hydrogens is 591 g/mol. The summed E-state index contributed by atoms with van der Waals surface area (Å²) in [5.74, 6) is 0. The molecule has 0 heterocycles. The zero-order chi connectivity index (χ0) is 34.0. The van der Waals surface area contributed by atoms with Crippen LogP contribution in [0.3, 0.4) is 0 Å². The molecule has 3 nitrogen and oxygen atoms in total. The minimum absolute atomic E-state index is 0.0722. The van der Waals surface area contributed by atoms with E-state index in [1.54, 1.807) is 0 Å². The van der Waals surface area contributed by atoms with Crippen LogP contribution in [0.2, 0.25) is 18.1 Å². The van der Waals surface area contributed by atoms with Gasteiger partial charge in [-0.25, -0.2) is 0 Å². The lowest BCUT2D eigenvalue weighted by Gasteiger charge is -2.43. The van der Waals surface area contributed by atoms with Crippen molar-refractivity contribution in [2.24, 2.45) is 0 Å².